The molecule has 1 heterocycles. The summed E-state index contributed by atoms with van der Waals surface area (Å²) < 4.78 is 38.6. The van der Waals surface area contributed by atoms with E-state index in [-0.39, 0.29) is 5.91 Å². The second kappa shape index (κ2) is 6.59. The van der Waals surface area contributed by atoms with Gasteiger partial charge in [-0.25, -0.2) is 0 Å². The number of aliphatic imine (C=N–C) groups is 1. The number of halogens is 3. The van der Waals surface area contributed by atoms with Gasteiger partial charge in [-0.05, 0) is 74.2 Å². The normalized spacial score (nSPS) is 14.2. The van der Waals surface area contributed by atoms with E-state index in [9.17, 15) is 18.0 Å². The molecular formula is C20H19F3N2O. The van der Waals surface area contributed by atoms with Crippen LogP contribution in [0, 0.1) is 13.8 Å². The van der Waals surface area contributed by atoms with Crippen LogP contribution >= 0.6 is 0 Å². The van der Waals surface area contributed by atoms with Crippen LogP contribution in [-0.2, 0) is 12.6 Å². The Labute approximate surface area is 150 Å². The molecule has 0 aliphatic carbocycles. The first-order chi connectivity index (χ1) is 12.2. The van der Waals surface area contributed by atoms with Gasteiger partial charge in [0.1, 0.15) is 0 Å². The van der Waals surface area contributed by atoms with Crippen molar-refractivity contribution in [1.29, 1.82) is 0 Å². The van der Waals surface area contributed by atoms with Crippen LogP contribution in [0.25, 0.3) is 0 Å². The van der Waals surface area contributed by atoms with Crippen molar-refractivity contribution in [3.05, 3.63) is 58.1 Å². The summed E-state index contributed by atoms with van der Waals surface area (Å²) in [6, 6.07) is 7.21. The molecule has 0 saturated carbocycles. The summed E-state index contributed by atoms with van der Waals surface area (Å²) in [4.78, 5) is 18.8. The van der Waals surface area contributed by atoms with Crippen molar-refractivity contribution in [3.8, 4) is 0 Å². The van der Waals surface area contributed by atoms with Crippen molar-refractivity contribution in [1.82, 2.24) is 0 Å². The summed E-state index contributed by atoms with van der Waals surface area (Å²) in [7, 11) is 0. The van der Waals surface area contributed by atoms with Crippen LogP contribution in [0.3, 0.4) is 0 Å². The molecule has 1 aliphatic rings. The van der Waals surface area contributed by atoms with Crippen LogP contribution in [0.1, 0.15) is 39.5 Å². The van der Waals surface area contributed by atoms with E-state index in [2.05, 4.69) is 4.99 Å². The molecule has 0 radical (unpaired) electrons. The largest absolute Gasteiger partial charge is 0.416 e. The number of aryl methyl sites for hydroxylation is 2. The Morgan fingerprint density at radius 3 is 2.54 bits per heavy atom. The van der Waals surface area contributed by atoms with E-state index >= 15 is 0 Å². The molecule has 0 N–H and O–H groups in total. The molecular weight excluding hydrogens is 341 g/mol. The zero-order valence-corrected chi connectivity index (χ0v) is 14.8. The Morgan fingerprint density at radius 1 is 1.15 bits per heavy atom. The molecule has 0 spiro atoms. The van der Waals surface area contributed by atoms with E-state index in [1.807, 2.05) is 26.8 Å². The van der Waals surface area contributed by atoms with Crippen molar-refractivity contribution in [2.45, 2.75) is 33.4 Å². The lowest BCUT2D eigenvalue weighted by Crippen LogP contribution is -2.29. The fraction of sp³-hybridized carbons (Fsp3) is 0.300. The average Bonchev–Trinajstić information content (AvgIpc) is 3.00. The van der Waals surface area contributed by atoms with Crippen LogP contribution in [0.2, 0.25) is 0 Å². The van der Waals surface area contributed by atoms with Crippen molar-refractivity contribution < 1.29 is 18.0 Å². The number of fused-ring (bicyclic) bond motifs is 1. The predicted molar refractivity (Wildman–Crippen MR) is 96.6 cm³/mol. The van der Waals surface area contributed by atoms with Crippen molar-refractivity contribution in [3.63, 3.8) is 0 Å². The van der Waals surface area contributed by atoms with Crippen molar-refractivity contribution in [2.75, 3.05) is 11.4 Å². The van der Waals surface area contributed by atoms with Gasteiger partial charge in [-0.15, -0.1) is 0 Å². The Hall–Kier alpha value is -2.63. The van der Waals surface area contributed by atoms with Gasteiger partial charge < -0.3 is 4.90 Å². The molecule has 1 aliphatic heterocycles. The summed E-state index contributed by atoms with van der Waals surface area (Å²) in [6.45, 7) is 5.92. The molecule has 2 aromatic rings. The summed E-state index contributed by atoms with van der Waals surface area (Å²) in [5, 5.41) is 0. The standard InChI is InChI=1S/C20H19F3N2O/c1-4-24-17-10-12(2)16(9-13(17)3)19(26)25-8-7-14-11-15(20(21,22)23)5-6-18(14)25/h4-6,9-11H,7-8H2,1-3H3/b24-4+. The number of hydrogen-bond acceptors (Lipinski definition) is 2. The minimum atomic E-state index is -4.38. The van der Waals surface area contributed by atoms with Gasteiger partial charge >= 0.3 is 6.18 Å². The van der Waals surface area contributed by atoms with E-state index in [1.165, 1.54) is 6.07 Å². The Kier molecular flexibility index (Phi) is 4.61. The zero-order chi connectivity index (χ0) is 19.1. The third-order valence-corrected chi connectivity index (χ3v) is 4.59. The second-order valence-corrected chi connectivity index (χ2v) is 6.39. The summed E-state index contributed by atoms with van der Waals surface area (Å²) in [5.74, 6) is -0.198. The van der Waals surface area contributed by atoms with Crippen molar-refractivity contribution >= 4 is 23.5 Å². The van der Waals surface area contributed by atoms with Crippen molar-refractivity contribution in [2.24, 2.45) is 4.99 Å². The second-order valence-electron chi connectivity index (χ2n) is 6.39. The van der Waals surface area contributed by atoms with Gasteiger partial charge in [0.15, 0.2) is 0 Å². The highest BCUT2D eigenvalue weighted by atomic mass is 19.4. The van der Waals surface area contributed by atoms with Crippen LogP contribution in [0.4, 0.5) is 24.5 Å². The molecule has 6 heteroatoms. The van der Waals surface area contributed by atoms with Crippen LogP contribution < -0.4 is 4.90 Å². The van der Waals surface area contributed by atoms with Gasteiger partial charge in [0.05, 0.1) is 11.3 Å². The van der Waals surface area contributed by atoms with Gasteiger partial charge in [0, 0.05) is 24.0 Å². The van der Waals surface area contributed by atoms with E-state index in [1.54, 1.807) is 17.2 Å². The molecule has 26 heavy (non-hydrogen) atoms. The summed E-state index contributed by atoms with van der Waals surface area (Å²) in [6.07, 6.45) is -2.27. The molecule has 0 aromatic heterocycles. The smallest absolute Gasteiger partial charge is 0.308 e. The van der Waals surface area contributed by atoms with Gasteiger partial charge in [-0.3, -0.25) is 9.79 Å². The number of amides is 1. The molecule has 136 valence electrons. The van der Waals surface area contributed by atoms with E-state index in [4.69, 9.17) is 0 Å². The third kappa shape index (κ3) is 3.23. The number of nitrogens with zero attached hydrogens (tertiary/aromatic N) is 2. The molecule has 1 amide bonds. The molecule has 0 bridgehead atoms. The summed E-state index contributed by atoms with van der Waals surface area (Å²) >= 11 is 0. The SMILES string of the molecule is C/C=N/c1cc(C)c(C(=O)N2CCc3cc(C(F)(F)F)ccc32)cc1C. The number of hydrogen-bond donors (Lipinski definition) is 0. The van der Waals surface area contributed by atoms with Gasteiger partial charge in [0.25, 0.3) is 5.91 Å². The molecule has 0 unspecified atom stereocenters. The topological polar surface area (TPSA) is 32.7 Å². The number of carbonyl (C=O) groups is 1. The Balaban J connectivity index is 1.96. The molecule has 2 aromatic carbocycles. The van der Waals surface area contributed by atoms with Gasteiger partial charge in [-0.2, -0.15) is 13.2 Å². The zero-order valence-electron chi connectivity index (χ0n) is 14.8. The fourth-order valence-electron chi connectivity index (χ4n) is 3.24. The quantitative estimate of drug-likeness (QED) is 0.674. The van der Waals surface area contributed by atoms with E-state index < -0.39 is 11.7 Å². The van der Waals surface area contributed by atoms with Crippen LogP contribution in [-0.4, -0.2) is 18.7 Å². The number of carbonyl (C=O) groups excluding carboxylic acids is 1. The Bertz CT molecular complexity index is 901. The third-order valence-electron chi connectivity index (χ3n) is 4.59. The van der Waals surface area contributed by atoms with Gasteiger partial charge in [0.2, 0.25) is 0 Å². The molecule has 0 fully saturated rings. The van der Waals surface area contributed by atoms with Crippen LogP contribution in [0.15, 0.2) is 35.3 Å². The molecule has 3 rings (SSSR count). The minimum Gasteiger partial charge on any atom is -0.308 e. The number of benzene rings is 2. The minimum absolute atomic E-state index is 0.198. The highest BCUT2D eigenvalue weighted by Gasteiger charge is 2.33. The lowest BCUT2D eigenvalue weighted by atomic mass is 10.0. The maximum absolute atomic E-state index is 13.0. The first-order valence-corrected chi connectivity index (χ1v) is 8.34. The molecule has 3 nitrogen and oxygen atoms in total. The lowest BCUT2D eigenvalue weighted by molar-refractivity contribution is -0.137. The molecule has 0 atom stereocenters. The first kappa shape index (κ1) is 18.2. The lowest BCUT2D eigenvalue weighted by Gasteiger charge is -2.20. The monoisotopic (exact) mass is 360 g/mol. The average molecular weight is 360 g/mol. The number of anilines is 1. The van der Waals surface area contributed by atoms with E-state index in [0.717, 1.165) is 28.9 Å². The maximum Gasteiger partial charge on any atom is 0.416 e. The number of rotatable bonds is 2. The summed E-state index contributed by atoms with van der Waals surface area (Å²) in [5.41, 5.74) is 3.44. The van der Waals surface area contributed by atoms with E-state index in [0.29, 0.717) is 29.8 Å². The first-order valence-electron chi connectivity index (χ1n) is 8.34. The highest BCUT2D eigenvalue weighted by Crippen LogP contribution is 2.36. The molecule has 0 saturated heterocycles. The number of alkyl halides is 3. The van der Waals surface area contributed by atoms with Gasteiger partial charge in [-0.1, -0.05) is 0 Å². The fourth-order valence-corrected chi connectivity index (χ4v) is 3.24. The van der Waals surface area contributed by atoms with Crippen LogP contribution in [0.5, 0.6) is 0 Å². The maximum atomic E-state index is 13.0. The highest BCUT2D eigenvalue weighted by molar-refractivity contribution is 6.08. The predicted octanol–water partition coefficient (Wildman–Crippen LogP) is 5.25. The Morgan fingerprint density at radius 2 is 1.88 bits per heavy atom.